The molecule has 4 nitrogen and oxygen atoms in total. The Morgan fingerprint density at radius 3 is 2.37 bits per heavy atom. The zero-order chi connectivity index (χ0) is 21.5. The van der Waals surface area contributed by atoms with Crippen molar-refractivity contribution >= 4 is 11.8 Å². The van der Waals surface area contributed by atoms with E-state index in [0.29, 0.717) is 11.1 Å². The predicted octanol–water partition coefficient (Wildman–Crippen LogP) is 4.37. The zero-order valence-electron chi connectivity index (χ0n) is 17.2. The first kappa shape index (κ1) is 21.9. The Bertz CT molecular complexity index is 864. The molecular weight excluding hydrogens is 386 g/mol. The highest BCUT2D eigenvalue weighted by Crippen LogP contribution is 2.19. The molecule has 0 saturated heterocycles. The predicted molar refractivity (Wildman–Crippen MR) is 112 cm³/mol. The van der Waals surface area contributed by atoms with Gasteiger partial charge in [0.15, 0.2) is 0 Å². The van der Waals surface area contributed by atoms with E-state index in [-0.39, 0.29) is 36.6 Å². The van der Waals surface area contributed by atoms with E-state index in [2.05, 4.69) is 5.32 Å². The summed E-state index contributed by atoms with van der Waals surface area (Å²) in [6.07, 6.45) is 5.24. The summed E-state index contributed by atoms with van der Waals surface area (Å²) in [6, 6.07) is 11.3. The van der Waals surface area contributed by atoms with Crippen LogP contribution in [-0.2, 0) is 22.6 Å². The Balaban J connectivity index is 1.76. The first-order valence-electron chi connectivity index (χ1n) is 10.5. The number of hydrogen-bond acceptors (Lipinski definition) is 2. The highest BCUT2D eigenvalue weighted by Gasteiger charge is 2.28. The smallest absolute Gasteiger partial charge is 0.242 e. The van der Waals surface area contributed by atoms with E-state index < -0.39 is 11.9 Å². The normalized spacial score (nSPS) is 15.4. The van der Waals surface area contributed by atoms with Crippen molar-refractivity contribution in [3.05, 3.63) is 71.3 Å². The molecule has 0 aromatic heterocycles. The molecule has 0 unspecified atom stereocenters. The van der Waals surface area contributed by atoms with Gasteiger partial charge in [-0.15, -0.1) is 0 Å². The van der Waals surface area contributed by atoms with Crippen LogP contribution in [0.25, 0.3) is 0 Å². The minimum Gasteiger partial charge on any atom is -0.352 e. The molecule has 160 valence electrons. The lowest BCUT2D eigenvalue weighted by Crippen LogP contribution is -2.50. The lowest BCUT2D eigenvalue weighted by molar-refractivity contribution is -0.140. The summed E-state index contributed by atoms with van der Waals surface area (Å²) in [4.78, 5) is 27.4. The number of benzene rings is 2. The topological polar surface area (TPSA) is 49.4 Å². The summed E-state index contributed by atoms with van der Waals surface area (Å²) in [7, 11) is 0. The SMILES string of the molecule is C[C@H](C(=O)NC1CCCCC1)N(Cc1ccccc1F)C(=O)Cc1ccc(F)cc1. The van der Waals surface area contributed by atoms with Gasteiger partial charge in [-0.2, -0.15) is 0 Å². The van der Waals surface area contributed by atoms with Crippen LogP contribution in [-0.4, -0.2) is 28.8 Å². The van der Waals surface area contributed by atoms with Gasteiger partial charge in [0.05, 0.1) is 6.42 Å². The van der Waals surface area contributed by atoms with Crippen LogP contribution in [0.4, 0.5) is 8.78 Å². The number of halogens is 2. The molecule has 3 rings (SSSR count). The standard InChI is InChI=1S/C24H28F2N2O2/c1-17(24(30)27-21-8-3-2-4-9-21)28(16-19-7-5-6-10-22(19)26)23(29)15-18-11-13-20(25)14-12-18/h5-7,10-14,17,21H,2-4,8-9,15-16H2,1H3,(H,27,30)/t17-/m1/s1. The van der Waals surface area contributed by atoms with E-state index in [1.807, 2.05) is 0 Å². The average molecular weight is 414 g/mol. The van der Waals surface area contributed by atoms with E-state index in [0.717, 1.165) is 25.7 Å². The van der Waals surface area contributed by atoms with Crippen LogP contribution >= 0.6 is 0 Å². The van der Waals surface area contributed by atoms with Gasteiger partial charge >= 0.3 is 0 Å². The average Bonchev–Trinajstić information content (AvgIpc) is 2.75. The van der Waals surface area contributed by atoms with Gasteiger partial charge in [-0.25, -0.2) is 8.78 Å². The maximum absolute atomic E-state index is 14.2. The van der Waals surface area contributed by atoms with Crippen molar-refractivity contribution in [3.63, 3.8) is 0 Å². The highest BCUT2D eigenvalue weighted by atomic mass is 19.1. The molecule has 1 saturated carbocycles. The maximum atomic E-state index is 14.2. The number of nitrogens with one attached hydrogen (secondary N) is 1. The van der Waals surface area contributed by atoms with Crippen LogP contribution in [0.3, 0.4) is 0 Å². The second-order valence-electron chi connectivity index (χ2n) is 7.94. The minimum absolute atomic E-state index is 0.00798. The van der Waals surface area contributed by atoms with Crippen molar-refractivity contribution < 1.29 is 18.4 Å². The lowest BCUT2D eigenvalue weighted by Gasteiger charge is -2.31. The fraction of sp³-hybridized carbons (Fsp3) is 0.417. The molecule has 6 heteroatoms. The Hall–Kier alpha value is -2.76. The quantitative estimate of drug-likeness (QED) is 0.731. The summed E-state index contributed by atoms with van der Waals surface area (Å²) in [5.74, 6) is -1.34. The molecule has 0 spiro atoms. The molecular formula is C24H28F2N2O2. The summed E-state index contributed by atoms with van der Waals surface area (Å²) in [6.45, 7) is 1.66. The van der Waals surface area contributed by atoms with Crippen LogP contribution in [0.5, 0.6) is 0 Å². The molecule has 0 aliphatic heterocycles. The zero-order valence-corrected chi connectivity index (χ0v) is 17.2. The number of amides is 2. The van der Waals surface area contributed by atoms with E-state index >= 15 is 0 Å². The number of carbonyl (C=O) groups excluding carboxylic acids is 2. The van der Waals surface area contributed by atoms with Crippen LogP contribution in [0, 0.1) is 11.6 Å². The van der Waals surface area contributed by atoms with Gasteiger partial charge in [0.2, 0.25) is 11.8 Å². The second kappa shape index (κ2) is 10.3. The molecule has 30 heavy (non-hydrogen) atoms. The third kappa shape index (κ3) is 5.88. The van der Waals surface area contributed by atoms with Crippen molar-refractivity contribution in [1.29, 1.82) is 0 Å². The van der Waals surface area contributed by atoms with Gasteiger partial charge in [-0.3, -0.25) is 9.59 Å². The molecule has 1 aliphatic carbocycles. The fourth-order valence-electron chi connectivity index (χ4n) is 3.84. The molecule has 0 bridgehead atoms. The summed E-state index contributed by atoms with van der Waals surface area (Å²) in [5.41, 5.74) is 0.988. The van der Waals surface area contributed by atoms with Gasteiger partial charge in [0, 0.05) is 18.2 Å². The van der Waals surface area contributed by atoms with Crippen molar-refractivity contribution in [2.45, 2.75) is 64.1 Å². The lowest BCUT2D eigenvalue weighted by atomic mass is 9.95. The van der Waals surface area contributed by atoms with Gasteiger partial charge in [0.1, 0.15) is 17.7 Å². The van der Waals surface area contributed by atoms with E-state index in [1.54, 1.807) is 37.3 Å². The Morgan fingerprint density at radius 1 is 1.03 bits per heavy atom. The van der Waals surface area contributed by atoms with Gasteiger partial charge in [-0.1, -0.05) is 49.6 Å². The van der Waals surface area contributed by atoms with Crippen molar-refractivity contribution in [1.82, 2.24) is 10.2 Å². The van der Waals surface area contributed by atoms with Gasteiger partial charge in [-0.05, 0) is 43.5 Å². The second-order valence-corrected chi connectivity index (χ2v) is 7.94. The van der Waals surface area contributed by atoms with Gasteiger partial charge in [0.25, 0.3) is 0 Å². The summed E-state index contributed by atoms with van der Waals surface area (Å²) >= 11 is 0. The highest BCUT2D eigenvalue weighted by molar-refractivity contribution is 5.88. The van der Waals surface area contributed by atoms with E-state index in [1.165, 1.54) is 29.5 Å². The fourth-order valence-corrected chi connectivity index (χ4v) is 3.84. The molecule has 1 N–H and O–H groups in total. The number of carbonyl (C=O) groups is 2. The Kier molecular flexibility index (Phi) is 7.55. The van der Waals surface area contributed by atoms with Crippen molar-refractivity contribution in [2.24, 2.45) is 0 Å². The number of rotatable bonds is 7. The van der Waals surface area contributed by atoms with Crippen LogP contribution < -0.4 is 5.32 Å². The van der Waals surface area contributed by atoms with E-state index in [9.17, 15) is 18.4 Å². The third-order valence-electron chi connectivity index (χ3n) is 5.69. The minimum atomic E-state index is -0.750. The van der Waals surface area contributed by atoms with Crippen LogP contribution in [0.1, 0.15) is 50.2 Å². The van der Waals surface area contributed by atoms with Gasteiger partial charge < -0.3 is 10.2 Å². The van der Waals surface area contributed by atoms with Crippen molar-refractivity contribution in [2.75, 3.05) is 0 Å². The molecule has 0 heterocycles. The summed E-state index contributed by atoms with van der Waals surface area (Å²) < 4.78 is 27.4. The molecule has 2 amide bonds. The van der Waals surface area contributed by atoms with Crippen molar-refractivity contribution in [3.8, 4) is 0 Å². The summed E-state index contributed by atoms with van der Waals surface area (Å²) in [5, 5.41) is 3.05. The molecule has 2 aromatic carbocycles. The molecule has 1 atom stereocenters. The molecule has 1 fully saturated rings. The third-order valence-corrected chi connectivity index (χ3v) is 5.69. The number of hydrogen-bond donors (Lipinski definition) is 1. The van der Waals surface area contributed by atoms with Crippen LogP contribution in [0.2, 0.25) is 0 Å². The Morgan fingerprint density at radius 2 is 1.70 bits per heavy atom. The maximum Gasteiger partial charge on any atom is 0.242 e. The van der Waals surface area contributed by atoms with E-state index in [4.69, 9.17) is 0 Å². The number of nitrogens with zero attached hydrogens (tertiary/aromatic N) is 1. The largest absolute Gasteiger partial charge is 0.352 e. The first-order valence-corrected chi connectivity index (χ1v) is 10.5. The molecule has 0 radical (unpaired) electrons. The van der Waals surface area contributed by atoms with Crippen LogP contribution in [0.15, 0.2) is 48.5 Å². The molecule has 2 aromatic rings. The molecule has 1 aliphatic rings. The Labute approximate surface area is 176 Å². The monoisotopic (exact) mass is 414 g/mol. The first-order chi connectivity index (χ1) is 14.4.